The van der Waals surface area contributed by atoms with E-state index < -0.39 is 0 Å². The maximum absolute atomic E-state index is 12.5. The quantitative estimate of drug-likeness (QED) is 0.734. The van der Waals surface area contributed by atoms with E-state index in [1.165, 1.54) is 5.56 Å². The lowest BCUT2D eigenvalue weighted by atomic mass is 10.0. The second kappa shape index (κ2) is 8.89. The lowest BCUT2D eigenvalue weighted by molar-refractivity contribution is -0.132. The van der Waals surface area contributed by atoms with Gasteiger partial charge in [0.2, 0.25) is 0 Å². The van der Waals surface area contributed by atoms with Crippen LogP contribution >= 0.6 is 0 Å². The third kappa shape index (κ3) is 5.00. The average molecular weight is 370 g/mol. The van der Waals surface area contributed by atoms with Crippen LogP contribution in [0.2, 0.25) is 0 Å². The summed E-state index contributed by atoms with van der Waals surface area (Å²) in [5.41, 5.74) is 4.99. The Morgan fingerprint density at radius 3 is 2.52 bits per heavy atom. The molecular weight excluding hydrogens is 340 g/mol. The molecule has 2 rings (SSSR count). The van der Waals surface area contributed by atoms with Crippen molar-refractivity contribution >= 4 is 5.91 Å². The van der Waals surface area contributed by atoms with E-state index in [1.54, 1.807) is 25.3 Å². The van der Waals surface area contributed by atoms with Gasteiger partial charge in [-0.05, 0) is 43.9 Å². The Hall–Kier alpha value is -2.56. The van der Waals surface area contributed by atoms with Gasteiger partial charge in [-0.3, -0.25) is 9.78 Å². The van der Waals surface area contributed by atoms with E-state index in [9.17, 15) is 4.79 Å². The fourth-order valence-corrected chi connectivity index (χ4v) is 2.92. The predicted molar refractivity (Wildman–Crippen MR) is 108 cm³/mol. The first kappa shape index (κ1) is 20.7. The molecular formula is C22H30N2O3. The highest BCUT2D eigenvalue weighted by Crippen LogP contribution is 2.25. The molecule has 1 amide bonds. The highest BCUT2D eigenvalue weighted by molar-refractivity contribution is 5.77. The maximum atomic E-state index is 12.5. The lowest BCUT2D eigenvalue weighted by Crippen LogP contribution is -2.31. The van der Waals surface area contributed by atoms with Gasteiger partial charge in [0.15, 0.2) is 6.61 Å². The third-order valence-electron chi connectivity index (χ3n) is 4.79. The number of likely N-dealkylation sites (N-methyl/N-ethyl adjacent to an activating group) is 1. The SMILES string of the molecule is COc1c(C)cnc(CN(C)C(=O)COc2cc(C(C)C)ccc2C)c1C. The molecule has 0 bridgehead atoms. The molecule has 0 aliphatic heterocycles. The molecule has 0 saturated heterocycles. The number of carbonyl (C=O) groups is 1. The molecule has 0 unspecified atom stereocenters. The van der Waals surface area contributed by atoms with Crippen molar-refractivity contribution in [2.24, 2.45) is 0 Å². The first-order valence-corrected chi connectivity index (χ1v) is 9.21. The number of nitrogens with zero attached hydrogens (tertiary/aromatic N) is 2. The largest absolute Gasteiger partial charge is 0.496 e. The summed E-state index contributed by atoms with van der Waals surface area (Å²) in [5.74, 6) is 1.90. The third-order valence-corrected chi connectivity index (χ3v) is 4.79. The Morgan fingerprint density at radius 1 is 1.19 bits per heavy atom. The van der Waals surface area contributed by atoms with E-state index in [0.717, 1.165) is 33.9 Å². The molecule has 5 heteroatoms. The lowest BCUT2D eigenvalue weighted by Gasteiger charge is -2.20. The number of rotatable bonds is 7. The van der Waals surface area contributed by atoms with Crippen LogP contribution in [0.4, 0.5) is 0 Å². The zero-order valence-corrected chi connectivity index (χ0v) is 17.4. The molecule has 1 aromatic carbocycles. The molecule has 0 saturated carbocycles. The van der Waals surface area contributed by atoms with E-state index >= 15 is 0 Å². The van der Waals surface area contributed by atoms with Crippen molar-refractivity contribution in [3.05, 3.63) is 52.3 Å². The zero-order chi connectivity index (χ0) is 20.1. The Balaban J connectivity index is 2.04. The summed E-state index contributed by atoms with van der Waals surface area (Å²) in [6, 6.07) is 6.15. The van der Waals surface area contributed by atoms with Gasteiger partial charge in [-0.2, -0.15) is 0 Å². The molecule has 0 spiro atoms. The molecule has 0 fully saturated rings. The van der Waals surface area contributed by atoms with Crippen LogP contribution in [0.25, 0.3) is 0 Å². The van der Waals surface area contributed by atoms with Gasteiger partial charge in [-0.25, -0.2) is 0 Å². The first-order chi connectivity index (χ1) is 12.7. The molecule has 0 atom stereocenters. The molecule has 0 aliphatic rings. The molecule has 0 radical (unpaired) electrons. The Kier molecular flexibility index (Phi) is 6.83. The fraction of sp³-hybridized carbons (Fsp3) is 0.455. The molecule has 5 nitrogen and oxygen atoms in total. The summed E-state index contributed by atoms with van der Waals surface area (Å²) in [5, 5.41) is 0. The van der Waals surface area contributed by atoms with Gasteiger partial charge in [-0.15, -0.1) is 0 Å². The molecule has 0 N–H and O–H groups in total. The maximum Gasteiger partial charge on any atom is 0.260 e. The number of carbonyl (C=O) groups excluding carboxylic acids is 1. The first-order valence-electron chi connectivity index (χ1n) is 9.21. The minimum atomic E-state index is -0.0925. The van der Waals surface area contributed by atoms with E-state index in [0.29, 0.717) is 12.5 Å². The number of hydrogen-bond acceptors (Lipinski definition) is 4. The van der Waals surface area contributed by atoms with Gasteiger partial charge in [0, 0.05) is 24.4 Å². The van der Waals surface area contributed by atoms with Crippen molar-refractivity contribution in [2.75, 3.05) is 20.8 Å². The predicted octanol–water partition coefficient (Wildman–Crippen LogP) is 4.18. The molecule has 1 heterocycles. The summed E-state index contributed by atoms with van der Waals surface area (Å²) >= 11 is 0. The Labute approximate surface area is 162 Å². The normalized spacial score (nSPS) is 10.8. The van der Waals surface area contributed by atoms with Crippen molar-refractivity contribution in [2.45, 2.75) is 47.1 Å². The van der Waals surface area contributed by atoms with Crippen LogP contribution in [0.5, 0.6) is 11.5 Å². The number of pyridine rings is 1. The number of benzene rings is 1. The van der Waals surface area contributed by atoms with Gasteiger partial charge in [0.05, 0.1) is 19.3 Å². The summed E-state index contributed by atoms with van der Waals surface area (Å²) in [4.78, 5) is 18.6. The van der Waals surface area contributed by atoms with Crippen LogP contribution in [-0.2, 0) is 11.3 Å². The van der Waals surface area contributed by atoms with Crippen LogP contribution < -0.4 is 9.47 Å². The average Bonchev–Trinajstić information content (AvgIpc) is 2.63. The minimum absolute atomic E-state index is 0.000925. The second-order valence-corrected chi connectivity index (χ2v) is 7.26. The van der Waals surface area contributed by atoms with Crippen molar-refractivity contribution in [3.8, 4) is 11.5 Å². The summed E-state index contributed by atoms with van der Waals surface area (Å²) in [6.45, 7) is 10.6. The van der Waals surface area contributed by atoms with E-state index in [1.807, 2.05) is 32.9 Å². The molecule has 1 aromatic heterocycles. The summed E-state index contributed by atoms with van der Waals surface area (Å²) < 4.78 is 11.2. The number of aryl methyl sites for hydroxylation is 2. The Morgan fingerprint density at radius 2 is 1.89 bits per heavy atom. The van der Waals surface area contributed by atoms with Crippen molar-refractivity contribution < 1.29 is 14.3 Å². The van der Waals surface area contributed by atoms with Crippen molar-refractivity contribution in [3.63, 3.8) is 0 Å². The van der Waals surface area contributed by atoms with Crippen LogP contribution in [0.15, 0.2) is 24.4 Å². The Bertz CT molecular complexity index is 815. The van der Waals surface area contributed by atoms with Gasteiger partial charge in [-0.1, -0.05) is 26.0 Å². The number of aromatic nitrogens is 1. The van der Waals surface area contributed by atoms with Crippen molar-refractivity contribution in [1.29, 1.82) is 0 Å². The highest BCUT2D eigenvalue weighted by atomic mass is 16.5. The number of amides is 1. The zero-order valence-electron chi connectivity index (χ0n) is 17.4. The van der Waals surface area contributed by atoms with Gasteiger partial charge >= 0.3 is 0 Å². The second-order valence-electron chi connectivity index (χ2n) is 7.26. The molecule has 2 aromatic rings. The molecule has 27 heavy (non-hydrogen) atoms. The summed E-state index contributed by atoms with van der Waals surface area (Å²) in [6.07, 6.45) is 1.77. The van der Waals surface area contributed by atoms with Gasteiger partial charge < -0.3 is 14.4 Å². The van der Waals surface area contributed by atoms with Crippen LogP contribution in [0, 0.1) is 20.8 Å². The molecule has 146 valence electrons. The van der Waals surface area contributed by atoms with Crippen LogP contribution in [0.3, 0.4) is 0 Å². The smallest absolute Gasteiger partial charge is 0.260 e. The van der Waals surface area contributed by atoms with E-state index in [2.05, 4.69) is 24.9 Å². The number of hydrogen-bond donors (Lipinski definition) is 0. The van der Waals surface area contributed by atoms with E-state index in [4.69, 9.17) is 9.47 Å². The number of methoxy groups -OCH3 is 1. The topological polar surface area (TPSA) is 51.7 Å². The highest BCUT2D eigenvalue weighted by Gasteiger charge is 2.16. The van der Waals surface area contributed by atoms with Crippen LogP contribution in [-0.4, -0.2) is 36.6 Å². The summed E-state index contributed by atoms with van der Waals surface area (Å²) in [7, 11) is 3.41. The number of ether oxygens (including phenoxy) is 2. The van der Waals surface area contributed by atoms with Gasteiger partial charge in [0.25, 0.3) is 5.91 Å². The van der Waals surface area contributed by atoms with Gasteiger partial charge in [0.1, 0.15) is 11.5 Å². The minimum Gasteiger partial charge on any atom is -0.496 e. The van der Waals surface area contributed by atoms with Crippen molar-refractivity contribution in [1.82, 2.24) is 9.88 Å². The van der Waals surface area contributed by atoms with Crippen LogP contribution in [0.1, 0.15) is 47.7 Å². The van der Waals surface area contributed by atoms with E-state index in [-0.39, 0.29) is 12.5 Å². The monoisotopic (exact) mass is 370 g/mol. The fourth-order valence-electron chi connectivity index (χ4n) is 2.92. The standard InChI is InChI=1S/C22H30N2O3/c1-14(2)18-9-8-15(3)20(10-18)27-13-21(25)24(6)12-19-17(5)22(26-7)16(4)11-23-19/h8-11,14H,12-13H2,1-7H3. The molecule has 0 aliphatic carbocycles.